The lowest BCUT2D eigenvalue weighted by Gasteiger charge is -2.21. The highest BCUT2D eigenvalue weighted by Gasteiger charge is 2.20. The van der Waals surface area contributed by atoms with E-state index >= 15 is 0 Å². The van der Waals surface area contributed by atoms with E-state index in [1.54, 1.807) is 0 Å². The average Bonchev–Trinajstić information content (AvgIpc) is 3.22. The summed E-state index contributed by atoms with van der Waals surface area (Å²) in [6.07, 6.45) is 0. The third-order valence-corrected chi connectivity index (χ3v) is 10.6. The van der Waals surface area contributed by atoms with Crippen LogP contribution in [0.25, 0.3) is 98.7 Å². The molecule has 0 aliphatic heterocycles. The molecule has 0 aliphatic rings. The Hall–Kier alpha value is -6.76. The first-order chi connectivity index (χ1) is 25.8. The minimum atomic E-state index is 1.20. The van der Waals surface area contributed by atoms with Crippen LogP contribution in [0.5, 0.6) is 0 Å². The molecule has 0 bridgehead atoms. The van der Waals surface area contributed by atoms with Crippen LogP contribution in [0.15, 0.2) is 206 Å². The monoisotopic (exact) mass is 658 g/mol. The molecule has 10 aromatic rings. The quantitative estimate of drug-likeness (QED) is 0.161. The molecule has 0 amide bonds. The van der Waals surface area contributed by atoms with Crippen molar-refractivity contribution in [1.82, 2.24) is 0 Å². The maximum atomic E-state index is 2.43. The molecule has 0 heteroatoms. The second-order valence-electron chi connectivity index (χ2n) is 13.7. The fourth-order valence-corrected chi connectivity index (χ4v) is 8.12. The van der Waals surface area contributed by atoms with Gasteiger partial charge in [-0.1, -0.05) is 182 Å². The summed E-state index contributed by atoms with van der Waals surface area (Å²) in [5, 5.41) is 10.0. The summed E-state index contributed by atoms with van der Waals surface area (Å²) in [5.74, 6) is 0. The smallest absolute Gasteiger partial charge is 0.00199 e. The van der Waals surface area contributed by atoms with E-state index in [2.05, 4.69) is 206 Å². The first-order valence-corrected chi connectivity index (χ1v) is 18.0. The van der Waals surface area contributed by atoms with Gasteiger partial charge < -0.3 is 0 Å². The molecule has 0 spiro atoms. The van der Waals surface area contributed by atoms with Gasteiger partial charge in [0.15, 0.2) is 0 Å². The summed E-state index contributed by atoms with van der Waals surface area (Å²) in [7, 11) is 0. The SMILES string of the molecule is c1ccc(-c2c3ccccc3c(-c3cc(-c4cccc(-c5ccc6ccccc6c5)c4)ccc3-c3ccc4ccccc4c3)c3ccccc23)cc1. The van der Waals surface area contributed by atoms with Crippen LogP contribution < -0.4 is 0 Å². The number of fused-ring (bicyclic) bond motifs is 4. The largest absolute Gasteiger partial charge is 0.0622 e. The van der Waals surface area contributed by atoms with Crippen molar-refractivity contribution < 1.29 is 0 Å². The zero-order valence-electron chi connectivity index (χ0n) is 28.6. The molecular weight excluding hydrogens is 625 g/mol. The molecule has 0 saturated carbocycles. The van der Waals surface area contributed by atoms with Crippen LogP contribution in [0.4, 0.5) is 0 Å². The maximum Gasteiger partial charge on any atom is -0.00199 e. The fourth-order valence-electron chi connectivity index (χ4n) is 8.12. The molecule has 52 heavy (non-hydrogen) atoms. The zero-order chi connectivity index (χ0) is 34.4. The van der Waals surface area contributed by atoms with Gasteiger partial charge in [0, 0.05) is 0 Å². The molecule has 0 aromatic heterocycles. The van der Waals surface area contributed by atoms with Crippen LogP contribution in [-0.4, -0.2) is 0 Å². The predicted octanol–water partition coefficient (Wildman–Crippen LogP) is 14.6. The third kappa shape index (κ3) is 5.16. The highest BCUT2D eigenvalue weighted by Crippen LogP contribution is 2.47. The Bertz CT molecular complexity index is 2890. The Kier molecular flexibility index (Phi) is 7.25. The topological polar surface area (TPSA) is 0 Å². The van der Waals surface area contributed by atoms with Gasteiger partial charge in [-0.15, -0.1) is 0 Å². The Labute approximate surface area is 303 Å². The van der Waals surface area contributed by atoms with Gasteiger partial charge in [0.1, 0.15) is 0 Å². The first-order valence-electron chi connectivity index (χ1n) is 18.0. The molecule has 10 aromatic carbocycles. The van der Waals surface area contributed by atoms with Crippen LogP contribution >= 0.6 is 0 Å². The van der Waals surface area contributed by atoms with E-state index in [4.69, 9.17) is 0 Å². The molecule has 10 rings (SSSR count). The maximum absolute atomic E-state index is 2.43. The molecule has 0 unspecified atom stereocenters. The van der Waals surface area contributed by atoms with E-state index in [1.807, 2.05) is 0 Å². The van der Waals surface area contributed by atoms with E-state index in [0.717, 1.165) is 0 Å². The minimum absolute atomic E-state index is 1.20. The number of hydrogen-bond acceptors (Lipinski definition) is 0. The van der Waals surface area contributed by atoms with E-state index in [1.165, 1.54) is 98.7 Å². The zero-order valence-corrected chi connectivity index (χ0v) is 28.6. The summed E-state index contributed by atoms with van der Waals surface area (Å²) >= 11 is 0. The van der Waals surface area contributed by atoms with Crippen LogP contribution in [0.1, 0.15) is 0 Å². The highest BCUT2D eigenvalue weighted by molar-refractivity contribution is 6.22. The number of hydrogen-bond donors (Lipinski definition) is 0. The van der Waals surface area contributed by atoms with Gasteiger partial charge in [0.05, 0.1) is 0 Å². The minimum Gasteiger partial charge on any atom is -0.0622 e. The molecule has 0 fully saturated rings. The van der Waals surface area contributed by atoms with Crippen LogP contribution in [0, 0.1) is 0 Å². The standard InChI is InChI=1S/C52H34/c1-2-15-37(16-3-1)51-46-21-8-10-23-48(46)52(49-24-11-9-22-47(49)51)50-34-43(29-30-45(50)44-28-26-36-14-5-7-18-39(36)33-44)41-20-12-19-40(32-41)42-27-25-35-13-4-6-17-38(35)31-42/h1-34H. The predicted molar refractivity (Wildman–Crippen MR) is 224 cm³/mol. The van der Waals surface area contributed by atoms with E-state index in [0.29, 0.717) is 0 Å². The van der Waals surface area contributed by atoms with Gasteiger partial charge in [-0.2, -0.15) is 0 Å². The summed E-state index contributed by atoms with van der Waals surface area (Å²) < 4.78 is 0. The van der Waals surface area contributed by atoms with Crippen molar-refractivity contribution >= 4 is 43.1 Å². The number of benzene rings is 10. The molecule has 242 valence electrons. The van der Waals surface area contributed by atoms with Gasteiger partial charge in [-0.3, -0.25) is 0 Å². The Morgan fingerprint density at radius 1 is 0.192 bits per heavy atom. The van der Waals surface area contributed by atoms with Crippen LogP contribution in [0.2, 0.25) is 0 Å². The second kappa shape index (κ2) is 12.5. The molecule has 0 atom stereocenters. The van der Waals surface area contributed by atoms with Crippen molar-refractivity contribution in [2.45, 2.75) is 0 Å². The lowest BCUT2D eigenvalue weighted by molar-refractivity contribution is 1.58. The summed E-state index contributed by atoms with van der Waals surface area (Å²) in [6, 6.07) is 75.7. The summed E-state index contributed by atoms with van der Waals surface area (Å²) in [5.41, 5.74) is 12.3. The lowest BCUT2D eigenvalue weighted by atomic mass is 9.82. The van der Waals surface area contributed by atoms with Crippen molar-refractivity contribution in [3.05, 3.63) is 206 Å². The summed E-state index contributed by atoms with van der Waals surface area (Å²) in [4.78, 5) is 0. The Balaban J connectivity index is 1.24. The lowest BCUT2D eigenvalue weighted by Crippen LogP contribution is -1.94. The molecule has 0 radical (unpaired) electrons. The van der Waals surface area contributed by atoms with E-state index in [9.17, 15) is 0 Å². The number of rotatable bonds is 5. The van der Waals surface area contributed by atoms with Gasteiger partial charge in [-0.25, -0.2) is 0 Å². The molecular formula is C52H34. The molecule has 0 aliphatic carbocycles. The molecule has 0 nitrogen and oxygen atoms in total. The van der Waals surface area contributed by atoms with Gasteiger partial charge >= 0.3 is 0 Å². The van der Waals surface area contributed by atoms with Crippen molar-refractivity contribution in [3.63, 3.8) is 0 Å². The fraction of sp³-hybridized carbons (Fsp3) is 0. The van der Waals surface area contributed by atoms with Gasteiger partial charge in [0.25, 0.3) is 0 Å². The van der Waals surface area contributed by atoms with E-state index < -0.39 is 0 Å². The highest BCUT2D eigenvalue weighted by atomic mass is 14.2. The molecule has 0 N–H and O–H groups in total. The van der Waals surface area contributed by atoms with Crippen molar-refractivity contribution in [3.8, 4) is 55.6 Å². The van der Waals surface area contributed by atoms with Crippen LogP contribution in [-0.2, 0) is 0 Å². The van der Waals surface area contributed by atoms with Gasteiger partial charge in [-0.05, 0) is 123 Å². The molecule has 0 heterocycles. The second-order valence-corrected chi connectivity index (χ2v) is 13.7. The van der Waals surface area contributed by atoms with Gasteiger partial charge in [0.2, 0.25) is 0 Å². The van der Waals surface area contributed by atoms with Crippen molar-refractivity contribution in [2.24, 2.45) is 0 Å². The van der Waals surface area contributed by atoms with Crippen LogP contribution in [0.3, 0.4) is 0 Å². The molecule has 0 saturated heterocycles. The first kappa shape index (κ1) is 30.1. The Morgan fingerprint density at radius 3 is 1.23 bits per heavy atom. The average molecular weight is 659 g/mol. The third-order valence-electron chi connectivity index (χ3n) is 10.6. The van der Waals surface area contributed by atoms with Crippen molar-refractivity contribution in [1.29, 1.82) is 0 Å². The van der Waals surface area contributed by atoms with Crippen molar-refractivity contribution in [2.75, 3.05) is 0 Å². The van der Waals surface area contributed by atoms with E-state index in [-0.39, 0.29) is 0 Å². The normalized spacial score (nSPS) is 11.5. The Morgan fingerprint density at radius 2 is 0.615 bits per heavy atom. The summed E-state index contributed by atoms with van der Waals surface area (Å²) in [6.45, 7) is 0.